The predicted octanol–water partition coefficient (Wildman–Crippen LogP) is 4.69. The molecule has 3 aliphatic rings. The minimum Gasteiger partial charge on any atom is -0.373 e. The van der Waals surface area contributed by atoms with Crippen LogP contribution in [0.1, 0.15) is 86.8 Å². The second kappa shape index (κ2) is 9.34. The number of aromatic nitrogens is 2. The van der Waals surface area contributed by atoms with Crippen LogP contribution in [0.2, 0.25) is 0 Å². The predicted molar refractivity (Wildman–Crippen MR) is 144 cm³/mol. The third-order valence-electron chi connectivity index (χ3n) is 7.93. The lowest BCUT2D eigenvalue weighted by Gasteiger charge is -2.33. The zero-order valence-corrected chi connectivity index (χ0v) is 22.2. The molecular weight excluding hydrogens is 480 g/mol. The van der Waals surface area contributed by atoms with Crippen molar-refractivity contribution in [2.24, 2.45) is 0 Å². The molecule has 0 bridgehead atoms. The van der Waals surface area contributed by atoms with Gasteiger partial charge in [-0.1, -0.05) is 18.2 Å². The molecule has 198 valence electrons. The van der Waals surface area contributed by atoms with Crippen molar-refractivity contribution in [3.63, 3.8) is 0 Å². The molecule has 1 aliphatic carbocycles. The van der Waals surface area contributed by atoms with Crippen molar-refractivity contribution in [1.29, 1.82) is 0 Å². The van der Waals surface area contributed by atoms with Crippen LogP contribution in [-0.4, -0.2) is 45.2 Å². The number of hydrogen-bond donors (Lipinski definition) is 1. The molecule has 2 aliphatic heterocycles. The number of carbonyl (C=O) groups excluding carboxylic acids is 3. The van der Waals surface area contributed by atoms with Gasteiger partial charge in [0.25, 0.3) is 5.91 Å². The van der Waals surface area contributed by atoms with Gasteiger partial charge in [0, 0.05) is 30.0 Å². The smallest absolute Gasteiger partial charge is 0.259 e. The number of ether oxygens (including phenoxy) is 1. The summed E-state index contributed by atoms with van der Waals surface area (Å²) in [7, 11) is 0. The molecule has 3 heterocycles. The fourth-order valence-electron chi connectivity index (χ4n) is 6.27. The van der Waals surface area contributed by atoms with Crippen molar-refractivity contribution in [3.8, 4) is 0 Å². The lowest BCUT2D eigenvalue weighted by molar-refractivity contribution is -0.134. The summed E-state index contributed by atoms with van der Waals surface area (Å²) in [4.78, 5) is 39.2. The molecule has 3 aromatic rings. The monoisotopic (exact) mass is 514 g/mol. The molecule has 0 spiro atoms. The van der Waals surface area contributed by atoms with E-state index in [0.717, 1.165) is 53.3 Å². The van der Waals surface area contributed by atoms with Crippen LogP contribution in [0.5, 0.6) is 0 Å². The molecule has 2 aromatic carbocycles. The number of rotatable bonds is 5. The van der Waals surface area contributed by atoms with Crippen molar-refractivity contribution < 1.29 is 19.1 Å². The molecule has 1 unspecified atom stereocenters. The van der Waals surface area contributed by atoms with E-state index in [2.05, 4.69) is 37.0 Å². The van der Waals surface area contributed by atoms with E-state index in [1.54, 1.807) is 4.90 Å². The lowest BCUT2D eigenvalue weighted by atomic mass is 9.92. The van der Waals surface area contributed by atoms with Crippen LogP contribution >= 0.6 is 0 Å². The number of carbonyl (C=O) groups is 3. The summed E-state index contributed by atoms with van der Waals surface area (Å²) in [5.41, 5.74) is 3.48. The van der Waals surface area contributed by atoms with Gasteiger partial charge < -0.3 is 4.74 Å². The number of piperidine rings is 1. The van der Waals surface area contributed by atoms with Crippen LogP contribution in [0.25, 0.3) is 10.8 Å². The van der Waals surface area contributed by atoms with Crippen LogP contribution < -0.4 is 10.2 Å². The zero-order valence-electron chi connectivity index (χ0n) is 22.2. The van der Waals surface area contributed by atoms with E-state index in [1.165, 1.54) is 0 Å². The van der Waals surface area contributed by atoms with E-state index in [-0.39, 0.29) is 23.8 Å². The first-order chi connectivity index (χ1) is 18.2. The first-order valence-electron chi connectivity index (χ1n) is 13.6. The fraction of sp³-hybridized carbons (Fsp3) is 0.467. The van der Waals surface area contributed by atoms with Crippen LogP contribution in [-0.2, 0) is 20.7 Å². The highest BCUT2D eigenvalue weighted by Gasteiger charge is 2.40. The lowest BCUT2D eigenvalue weighted by Crippen LogP contribution is -2.53. The number of nitrogens with one attached hydrogen (secondary N) is 1. The Kier molecular flexibility index (Phi) is 6.10. The summed E-state index contributed by atoms with van der Waals surface area (Å²) in [5, 5.41) is 8.98. The molecule has 1 aromatic heterocycles. The van der Waals surface area contributed by atoms with Gasteiger partial charge in [0.2, 0.25) is 11.8 Å². The van der Waals surface area contributed by atoms with E-state index < -0.39 is 11.9 Å². The Morgan fingerprint density at radius 2 is 1.82 bits per heavy atom. The Morgan fingerprint density at radius 1 is 1.03 bits per heavy atom. The van der Waals surface area contributed by atoms with Gasteiger partial charge in [-0.15, -0.1) is 0 Å². The van der Waals surface area contributed by atoms with Gasteiger partial charge >= 0.3 is 0 Å². The summed E-state index contributed by atoms with van der Waals surface area (Å²) < 4.78 is 8.29. The van der Waals surface area contributed by atoms with Crippen LogP contribution in [0, 0.1) is 0 Å². The summed E-state index contributed by atoms with van der Waals surface area (Å²) in [5.74, 6) is -0.884. The normalized spacial score (nSPS) is 23.8. The highest BCUT2D eigenvalue weighted by Crippen LogP contribution is 2.41. The molecule has 2 fully saturated rings. The molecule has 1 N–H and O–H groups in total. The number of imide groups is 1. The topological polar surface area (TPSA) is 93.5 Å². The molecule has 6 rings (SSSR count). The molecule has 1 saturated carbocycles. The number of benzene rings is 2. The maximum atomic E-state index is 13.4. The Hall–Kier alpha value is -3.52. The molecule has 3 amide bonds. The maximum Gasteiger partial charge on any atom is 0.259 e. The highest BCUT2D eigenvalue weighted by atomic mass is 16.5. The number of anilines is 1. The molecule has 8 heteroatoms. The van der Waals surface area contributed by atoms with Crippen LogP contribution in [0.3, 0.4) is 0 Å². The molecule has 38 heavy (non-hydrogen) atoms. The average Bonchev–Trinajstić information content (AvgIpc) is 3.44. The van der Waals surface area contributed by atoms with E-state index in [9.17, 15) is 14.4 Å². The quantitative estimate of drug-likeness (QED) is 0.499. The minimum atomic E-state index is -0.677. The first kappa shape index (κ1) is 24.8. The third kappa shape index (κ3) is 4.51. The average molecular weight is 515 g/mol. The molecule has 8 nitrogen and oxygen atoms in total. The van der Waals surface area contributed by atoms with Crippen LogP contribution in [0.4, 0.5) is 5.69 Å². The van der Waals surface area contributed by atoms with Gasteiger partial charge in [-0.3, -0.25) is 29.3 Å². The van der Waals surface area contributed by atoms with Crippen molar-refractivity contribution in [2.75, 3.05) is 4.90 Å². The Labute approximate surface area is 222 Å². The largest absolute Gasteiger partial charge is 0.373 e. The van der Waals surface area contributed by atoms with E-state index in [0.29, 0.717) is 30.6 Å². The summed E-state index contributed by atoms with van der Waals surface area (Å²) in [6.45, 7) is 6.34. The number of amides is 3. The molecular formula is C30H34N4O4. The van der Waals surface area contributed by atoms with Crippen molar-refractivity contribution in [1.82, 2.24) is 15.1 Å². The van der Waals surface area contributed by atoms with Crippen molar-refractivity contribution in [2.45, 2.75) is 89.5 Å². The highest BCUT2D eigenvalue weighted by molar-refractivity contribution is 6.27. The van der Waals surface area contributed by atoms with Gasteiger partial charge in [-0.2, -0.15) is 5.10 Å². The van der Waals surface area contributed by atoms with Gasteiger partial charge in [-0.05, 0) is 81.5 Å². The minimum absolute atomic E-state index is 0.112. The van der Waals surface area contributed by atoms with Gasteiger partial charge in [0.15, 0.2) is 0 Å². The Bertz CT molecular complexity index is 1430. The van der Waals surface area contributed by atoms with E-state index in [1.807, 2.05) is 36.5 Å². The summed E-state index contributed by atoms with van der Waals surface area (Å²) in [6.07, 6.45) is 9.88. The van der Waals surface area contributed by atoms with Gasteiger partial charge in [0.05, 0.1) is 29.6 Å². The third-order valence-corrected chi connectivity index (χ3v) is 7.93. The Morgan fingerprint density at radius 3 is 2.55 bits per heavy atom. The van der Waals surface area contributed by atoms with Crippen molar-refractivity contribution >= 4 is 34.2 Å². The second-order valence-electron chi connectivity index (χ2n) is 11.8. The first-order valence-corrected chi connectivity index (χ1v) is 13.6. The van der Waals surface area contributed by atoms with Crippen molar-refractivity contribution in [3.05, 3.63) is 59.4 Å². The number of hydrogen-bond acceptors (Lipinski definition) is 5. The van der Waals surface area contributed by atoms with E-state index >= 15 is 0 Å². The molecule has 0 radical (unpaired) electrons. The van der Waals surface area contributed by atoms with Crippen LogP contribution in [0.15, 0.2) is 42.7 Å². The second-order valence-corrected chi connectivity index (χ2v) is 11.8. The zero-order chi connectivity index (χ0) is 26.6. The molecule has 1 atom stereocenters. The Balaban J connectivity index is 1.22. The molecule has 1 saturated heterocycles. The van der Waals surface area contributed by atoms with Gasteiger partial charge in [0.1, 0.15) is 6.04 Å². The van der Waals surface area contributed by atoms with Gasteiger partial charge in [-0.25, -0.2) is 0 Å². The van der Waals surface area contributed by atoms with E-state index in [4.69, 9.17) is 9.84 Å². The standard InChI is InChI=1S/C30H34N4O4/c1-30(2,3)38-21-10-8-20(9-11-21)33-17-18(16-31-33)15-19-7-12-24-27-22(19)5-4-6-23(27)29(37)34(24)25-13-14-26(35)32-28(25)36/h4-7,12,16-17,20-21,25H,8-11,13-15H2,1-3H3,(H,32,35,36)/t20-,21+,25?. The maximum absolute atomic E-state index is 13.4. The fourth-order valence-corrected chi connectivity index (χ4v) is 6.27. The number of nitrogens with zero attached hydrogens (tertiary/aromatic N) is 3. The summed E-state index contributed by atoms with van der Waals surface area (Å²) in [6, 6.07) is 9.46. The summed E-state index contributed by atoms with van der Waals surface area (Å²) >= 11 is 0. The SMILES string of the molecule is CC(C)(C)O[C@H]1CC[C@@H](n2cc(Cc3ccc4c5c(cccc35)C(=O)N4C3CCC(=O)NC3=O)cn2)CC1.